The van der Waals surface area contributed by atoms with Crippen molar-refractivity contribution in [3.05, 3.63) is 35.4 Å². The Morgan fingerprint density at radius 3 is 2.60 bits per heavy atom. The van der Waals surface area contributed by atoms with Gasteiger partial charge in [-0.1, -0.05) is 51.5 Å². The van der Waals surface area contributed by atoms with Gasteiger partial charge in [-0.25, -0.2) is 4.79 Å². The molecule has 4 amide bonds. The molecule has 6 heteroatoms. The van der Waals surface area contributed by atoms with Crippen LogP contribution in [0.2, 0.25) is 0 Å². The molecule has 0 unspecified atom stereocenters. The number of imide groups is 1. The molecule has 1 aromatic carbocycles. The molecule has 2 N–H and O–H groups in total. The Hall–Kier alpha value is -2.37. The number of nitrogens with one attached hydrogen (secondary N) is 2. The van der Waals surface area contributed by atoms with E-state index in [2.05, 4.69) is 31.4 Å². The molecule has 2 fully saturated rings. The number of benzene rings is 1. The van der Waals surface area contributed by atoms with Crippen molar-refractivity contribution in [1.82, 2.24) is 15.5 Å². The van der Waals surface area contributed by atoms with E-state index in [-0.39, 0.29) is 24.4 Å². The highest BCUT2D eigenvalue weighted by molar-refractivity contribution is 6.09. The molecule has 6 nitrogen and oxygen atoms in total. The number of carbonyl (C=O) groups is 3. The van der Waals surface area contributed by atoms with Gasteiger partial charge in [0, 0.05) is 6.04 Å². The van der Waals surface area contributed by atoms with Crippen LogP contribution in [0.3, 0.4) is 0 Å². The normalized spacial score (nSPS) is 28.6. The highest BCUT2D eigenvalue weighted by Gasteiger charge is 2.55. The molecule has 0 radical (unpaired) electrons. The summed E-state index contributed by atoms with van der Waals surface area (Å²) in [6, 6.07) is 7.39. The van der Waals surface area contributed by atoms with E-state index in [1.165, 1.54) is 0 Å². The van der Waals surface area contributed by atoms with Crippen molar-refractivity contribution >= 4 is 17.8 Å². The number of carbonyl (C=O) groups excluding carboxylic acids is 3. The fraction of sp³-hybridized carbons (Fsp3) is 0.625. The highest BCUT2D eigenvalue weighted by Crippen LogP contribution is 2.42. The number of nitrogens with zero attached hydrogens (tertiary/aromatic N) is 1. The second kappa shape index (κ2) is 7.71. The minimum atomic E-state index is -1.00. The monoisotopic (exact) mass is 411 g/mol. The minimum Gasteiger partial charge on any atom is -0.352 e. The summed E-state index contributed by atoms with van der Waals surface area (Å²) in [4.78, 5) is 39.5. The molecular weight excluding hydrogens is 378 g/mol. The maximum atomic E-state index is 13.2. The van der Waals surface area contributed by atoms with Crippen molar-refractivity contribution in [2.24, 2.45) is 11.3 Å². The molecule has 1 aromatic rings. The number of amides is 4. The highest BCUT2D eigenvalue weighted by atomic mass is 16.2. The second-order valence-electron chi connectivity index (χ2n) is 9.84. The number of fused-ring (bicyclic) bond motifs is 2. The zero-order valence-corrected chi connectivity index (χ0v) is 18.3. The van der Waals surface area contributed by atoms with Crippen molar-refractivity contribution in [2.75, 3.05) is 6.54 Å². The first kappa shape index (κ1) is 20.9. The van der Waals surface area contributed by atoms with Crippen LogP contribution in [0.4, 0.5) is 4.79 Å². The summed E-state index contributed by atoms with van der Waals surface area (Å²) in [7, 11) is 0. The maximum absolute atomic E-state index is 13.2. The Kier molecular flexibility index (Phi) is 5.37. The summed E-state index contributed by atoms with van der Waals surface area (Å²) < 4.78 is 0. The van der Waals surface area contributed by atoms with E-state index in [0.717, 1.165) is 54.6 Å². The smallest absolute Gasteiger partial charge is 0.325 e. The lowest BCUT2D eigenvalue weighted by Gasteiger charge is -2.39. The number of hydrogen-bond donors (Lipinski definition) is 2. The van der Waals surface area contributed by atoms with Crippen LogP contribution in [0.25, 0.3) is 0 Å². The molecule has 1 spiro atoms. The molecule has 1 heterocycles. The van der Waals surface area contributed by atoms with Crippen LogP contribution >= 0.6 is 0 Å². The number of hydrogen-bond acceptors (Lipinski definition) is 3. The average Bonchev–Trinajstić information content (AvgIpc) is 3.22. The third kappa shape index (κ3) is 3.50. The van der Waals surface area contributed by atoms with Crippen molar-refractivity contribution in [3.63, 3.8) is 0 Å². The fourth-order valence-corrected chi connectivity index (χ4v) is 5.46. The SMILES string of the molecule is CCC(C)(C)C1CCC(NC(=O)CN2C(=O)N[C@@]3(CCc4ccccc43)C2=O)CC1. The van der Waals surface area contributed by atoms with E-state index in [0.29, 0.717) is 17.8 Å². The molecular formula is C24H33N3O3. The van der Waals surface area contributed by atoms with E-state index in [1.54, 1.807) is 0 Å². The van der Waals surface area contributed by atoms with Gasteiger partial charge in [-0.05, 0) is 61.0 Å². The Balaban J connectivity index is 1.36. The quantitative estimate of drug-likeness (QED) is 0.728. The second-order valence-corrected chi connectivity index (χ2v) is 9.84. The van der Waals surface area contributed by atoms with E-state index in [9.17, 15) is 14.4 Å². The first-order valence-corrected chi connectivity index (χ1v) is 11.3. The molecule has 1 saturated heterocycles. The van der Waals surface area contributed by atoms with Gasteiger partial charge >= 0.3 is 6.03 Å². The van der Waals surface area contributed by atoms with Crippen LogP contribution in [0, 0.1) is 11.3 Å². The Bertz CT molecular complexity index is 857. The van der Waals surface area contributed by atoms with Gasteiger partial charge in [0.2, 0.25) is 5.91 Å². The molecule has 1 aliphatic heterocycles. The Morgan fingerprint density at radius 2 is 1.90 bits per heavy atom. The van der Waals surface area contributed by atoms with Crippen LogP contribution in [-0.4, -0.2) is 35.3 Å². The summed E-state index contributed by atoms with van der Waals surface area (Å²) >= 11 is 0. The summed E-state index contributed by atoms with van der Waals surface area (Å²) in [6.45, 7) is 6.67. The van der Waals surface area contributed by atoms with Crippen LogP contribution in [-0.2, 0) is 21.5 Å². The molecule has 3 aliphatic rings. The first-order chi connectivity index (χ1) is 14.3. The predicted molar refractivity (Wildman–Crippen MR) is 115 cm³/mol. The van der Waals surface area contributed by atoms with Crippen molar-refractivity contribution < 1.29 is 14.4 Å². The number of urea groups is 1. The third-order valence-electron chi connectivity index (χ3n) is 7.83. The Labute approximate surface area is 178 Å². The zero-order valence-electron chi connectivity index (χ0n) is 18.3. The fourth-order valence-electron chi connectivity index (χ4n) is 5.46. The molecule has 4 rings (SSSR count). The molecule has 30 heavy (non-hydrogen) atoms. The average molecular weight is 412 g/mol. The van der Waals surface area contributed by atoms with Gasteiger partial charge < -0.3 is 10.6 Å². The lowest BCUT2D eigenvalue weighted by molar-refractivity contribution is -0.135. The van der Waals surface area contributed by atoms with Gasteiger partial charge in [-0.3, -0.25) is 14.5 Å². The molecule has 1 saturated carbocycles. The predicted octanol–water partition coefficient (Wildman–Crippen LogP) is 3.49. The van der Waals surface area contributed by atoms with Gasteiger partial charge in [0.1, 0.15) is 12.1 Å². The number of aryl methyl sites for hydroxylation is 1. The van der Waals surface area contributed by atoms with E-state index in [1.807, 2.05) is 24.3 Å². The van der Waals surface area contributed by atoms with Gasteiger partial charge in [0.25, 0.3) is 5.91 Å². The van der Waals surface area contributed by atoms with E-state index in [4.69, 9.17) is 0 Å². The van der Waals surface area contributed by atoms with Crippen LogP contribution in [0.15, 0.2) is 24.3 Å². The summed E-state index contributed by atoms with van der Waals surface area (Å²) in [5, 5.41) is 5.94. The van der Waals surface area contributed by atoms with Crippen molar-refractivity contribution in [3.8, 4) is 0 Å². The van der Waals surface area contributed by atoms with Crippen LogP contribution < -0.4 is 10.6 Å². The maximum Gasteiger partial charge on any atom is 0.325 e. The lowest BCUT2D eigenvalue weighted by atomic mass is 9.69. The van der Waals surface area contributed by atoms with Gasteiger partial charge in [0.15, 0.2) is 0 Å². The zero-order chi connectivity index (χ0) is 21.5. The summed E-state index contributed by atoms with van der Waals surface area (Å²) in [5.41, 5.74) is 1.28. The molecule has 162 valence electrons. The molecule has 0 aromatic heterocycles. The standard InChI is InChI=1S/C24H33N3O3/c1-4-23(2,3)17-9-11-18(12-10-17)25-20(28)15-27-21(29)24(26-22(27)30)14-13-16-7-5-6-8-19(16)24/h5-8,17-18H,4,9-15H2,1-3H3,(H,25,28)(H,26,30)/t17?,18?,24-/m1/s1. The van der Waals surface area contributed by atoms with Gasteiger partial charge in [-0.2, -0.15) is 0 Å². The summed E-state index contributed by atoms with van der Waals surface area (Å²) in [5.74, 6) is 0.130. The number of rotatable bonds is 5. The van der Waals surface area contributed by atoms with Gasteiger partial charge in [0.05, 0.1) is 0 Å². The van der Waals surface area contributed by atoms with E-state index < -0.39 is 11.6 Å². The van der Waals surface area contributed by atoms with Crippen molar-refractivity contribution in [2.45, 2.75) is 77.3 Å². The topological polar surface area (TPSA) is 78.5 Å². The van der Waals surface area contributed by atoms with Crippen LogP contribution in [0.5, 0.6) is 0 Å². The Morgan fingerprint density at radius 1 is 1.20 bits per heavy atom. The van der Waals surface area contributed by atoms with E-state index >= 15 is 0 Å². The molecule has 0 bridgehead atoms. The largest absolute Gasteiger partial charge is 0.352 e. The minimum absolute atomic E-state index is 0.128. The molecule has 1 atom stereocenters. The third-order valence-corrected chi connectivity index (χ3v) is 7.83. The van der Waals surface area contributed by atoms with Crippen molar-refractivity contribution in [1.29, 1.82) is 0 Å². The van der Waals surface area contributed by atoms with Crippen LogP contribution in [0.1, 0.15) is 70.4 Å². The van der Waals surface area contributed by atoms with Gasteiger partial charge in [-0.15, -0.1) is 0 Å². The first-order valence-electron chi connectivity index (χ1n) is 11.3. The lowest BCUT2D eigenvalue weighted by Crippen LogP contribution is -2.47. The molecule has 2 aliphatic carbocycles. The summed E-state index contributed by atoms with van der Waals surface area (Å²) in [6.07, 6.45) is 6.58.